The van der Waals surface area contributed by atoms with Crippen molar-refractivity contribution in [2.75, 3.05) is 0 Å². The molecule has 0 heteroatoms. The molecule has 2 fully saturated rings. The molecule has 0 amide bonds. The van der Waals surface area contributed by atoms with Gasteiger partial charge in [-0.3, -0.25) is 0 Å². The Morgan fingerprint density at radius 2 is 0.571 bits per heavy atom. The van der Waals surface area contributed by atoms with Gasteiger partial charge in [-0.15, -0.1) is 0 Å². The fourth-order valence-corrected chi connectivity index (χ4v) is 4.45. The molecule has 130 valence electrons. The molecule has 0 nitrogen and oxygen atoms in total. The Morgan fingerprint density at radius 3 is 0.667 bits per heavy atom. The molecule has 2 aliphatic rings. The van der Waals surface area contributed by atoms with Crippen molar-refractivity contribution in [1.82, 2.24) is 0 Å². The molecule has 4 atom stereocenters. The standard InChI is InChI=1S/C10H20.C9H18.2CH4/c1-6-7(2)9(4)10(5)8(6)3;1-6-5-7(2)9(4)8(6)3;;/h6-10H,1-5H3;6-9H,5H2,1-4H3;2*1H4. The smallest absolute Gasteiger partial charge is 0.0386 e. The van der Waals surface area contributed by atoms with Crippen LogP contribution in [0.3, 0.4) is 0 Å². The topological polar surface area (TPSA) is 0 Å². The van der Waals surface area contributed by atoms with Crippen LogP contribution in [0.15, 0.2) is 0 Å². The van der Waals surface area contributed by atoms with Gasteiger partial charge in [0.1, 0.15) is 0 Å². The van der Waals surface area contributed by atoms with E-state index in [1.165, 1.54) is 6.42 Å². The van der Waals surface area contributed by atoms with Crippen molar-refractivity contribution >= 4 is 0 Å². The molecule has 4 unspecified atom stereocenters. The molecule has 0 aromatic heterocycles. The summed E-state index contributed by atoms with van der Waals surface area (Å²) in [5.74, 6) is 8.53. The van der Waals surface area contributed by atoms with Crippen LogP contribution in [-0.2, 0) is 0 Å². The maximum absolute atomic E-state index is 2.40. The van der Waals surface area contributed by atoms with Crippen LogP contribution in [0.25, 0.3) is 0 Å². The molecule has 0 aromatic carbocycles. The zero-order valence-corrected chi connectivity index (χ0v) is 14.9. The summed E-state index contributed by atoms with van der Waals surface area (Å²) >= 11 is 0. The molecule has 0 heterocycles. The van der Waals surface area contributed by atoms with Gasteiger partial charge in [0.2, 0.25) is 0 Å². The van der Waals surface area contributed by atoms with Crippen molar-refractivity contribution in [2.24, 2.45) is 53.3 Å². The Morgan fingerprint density at radius 1 is 0.381 bits per heavy atom. The van der Waals surface area contributed by atoms with E-state index in [0.29, 0.717) is 0 Å². The van der Waals surface area contributed by atoms with Crippen LogP contribution in [0.4, 0.5) is 0 Å². The molecule has 2 rings (SSSR count). The molecule has 0 spiro atoms. The molecule has 0 radical (unpaired) electrons. The summed E-state index contributed by atoms with van der Waals surface area (Å²) in [5.41, 5.74) is 0. The molecular weight excluding hydrogens is 252 g/mol. The molecule has 0 N–H and O–H groups in total. The maximum atomic E-state index is 2.40. The van der Waals surface area contributed by atoms with Gasteiger partial charge in [0.15, 0.2) is 0 Å². The Kier molecular flexibility index (Phi) is 10.2. The third-order valence-corrected chi connectivity index (χ3v) is 7.51. The summed E-state index contributed by atoms with van der Waals surface area (Å²) in [7, 11) is 0. The van der Waals surface area contributed by atoms with Crippen molar-refractivity contribution in [3.8, 4) is 0 Å². The van der Waals surface area contributed by atoms with Gasteiger partial charge in [-0.25, -0.2) is 0 Å². The highest BCUT2D eigenvalue weighted by Gasteiger charge is 2.38. The Labute approximate surface area is 137 Å². The second-order valence-electron chi connectivity index (χ2n) is 8.20. The van der Waals surface area contributed by atoms with Crippen molar-refractivity contribution in [1.29, 1.82) is 0 Å². The van der Waals surface area contributed by atoms with Crippen LogP contribution in [0, 0.1) is 53.3 Å². The largest absolute Gasteiger partial charge is 0.0776 e. The lowest BCUT2D eigenvalue weighted by molar-refractivity contribution is 0.352. The highest BCUT2D eigenvalue weighted by atomic mass is 14.4. The van der Waals surface area contributed by atoms with E-state index in [4.69, 9.17) is 0 Å². The first-order valence-corrected chi connectivity index (χ1v) is 8.68. The van der Waals surface area contributed by atoms with Crippen molar-refractivity contribution in [2.45, 2.75) is 83.6 Å². The summed E-state index contributed by atoms with van der Waals surface area (Å²) in [6, 6.07) is 0. The predicted octanol–water partition coefficient (Wildman–Crippen LogP) is 7.39. The summed E-state index contributed by atoms with van der Waals surface area (Å²) in [5, 5.41) is 0. The highest BCUT2D eigenvalue weighted by molar-refractivity contribution is 4.86. The molecule has 0 bridgehead atoms. The van der Waals surface area contributed by atoms with Crippen LogP contribution in [0.1, 0.15) is 83.6 Å². The maximum Gasteiger partial charge on any atom is -0.0386 e. The van der Waals surface area contributed by atoms with E-state index in [9.17, 15) is 0 Å². The molecule has 0 aliphatic heterocycles. The lowest BCUT2D eigenvalue weighted by atomic mass is 9.92. The summed E-state index contributed by atoms with van der Waals surface area (Å²) in [4.78, 5) is 0. The lowest BCUT2D eigenvalue weighted by Gasteiger charge is -2.14. The van der Waals surface area contributed by atoms with Crippen LogP contribution in [0.2, 0.25) is 0 Å². The SMILES string of the molecule is C.C.CC1C(C)C(C)C(C)C1C.CC1CC(C)C(C)C1C. The van der Waals surface area contributed by atoms with Gasteiger partial charge < -0.3 is 0 Å². The van der Waals surface area contributed by atoms with Crippen molar-refractivity contribution in [3.05, 3.63) is 0 Å². The normalized spacial score (nSPS) is 48.7. The average Bonchev–Trinajstić information content (AvgIpc) is 2.69. The van der Waals surface area contributed by atoms with Gasteiger partial charge in [0, 0.05) is 0 Å². The third-order valence-electron chi connectivity index (χ3n) is 7.51. The van der Waals surface area contributed by atoms with E-state index >= 15 is 0 Å². The van der Waals surface area contributed by atoms with E-state index < -0.39 is 0 Å². The first-order valence-electron chi connectivity index (χ1n) is 8.68. The number of hydrogen-bond acceptors (Lipinski definition) is 0. The summed E-state index contributed by atoms with van der Waals surface area (Å²) < 4.78 is 0. The van der Waals surface area contributed by atoms with E-state index in [-0.39, 0.29) is 14.9 Å². The fourth-order valence-electron chi connectivity index (χ4n) is 4.45. The van der Waals surface area contributed by atoms with Crippen LogP contribution in [0.5, 0.6) is 0 Å². The molecule has 0 aromatic rings. The number of rotatable bonds is 0. The van der Waals surface area contributed by atoms with Gasteiger partial charge in [0.25, 0.3) is 0 Å². The minimum atomic E-state index is 0. The molecule has 2 aliphatic carbocycles. The van der Waals surface area contributed by atoms with E-state index in [1.807, 2.05) is 0 Å². The lowest BCUT2D eigenvalue weighted by Crippen LogP contribution is -2.07. The monoisotopic (exact) mass is 298 g/mol. The van der Waals surface area contributed by atoms with Gasteiger partial charge in [0.05, 0.1) is 0 Å². The average molecular weight is 299 g/mol. The minimum absolute atomic E-state index is 0. The Bertz CT molecular complexity index is 212. The quantitative estimate of drug-likeness (QED) is 0.437. The molecule has 2 saturated carbocycles. The highest BCUT2D eigenvalue weighted by Crippen LogP contribution is 2.44. The molecule has 0 saturated heterocycles. The third kappa shape index (κ3) is 5.00. The minimum Gasteiger partial charge on any atom is -0.0776 e. The Hall–Kier alpha value is 0. The van der Waals surface area contributed by atoms with Gasteiger partial charge >= 0.3 is 0 Å². The zero-order chi connectivity index (χ0) is 14.9. The van der Waals surface area contributed by atoms with E-state index in [1.54, 1.807) is 0 Å². The van der Waals surface area contributed by atoms with Gasteiger partial charge in [-0.2, -0.15) is 0 Å². The zero-order valence-electron chi connectivity index (χ0n) is 14.9. The predicted molar refractivity (Wildman–Crippen MR) is 101 cm³/mol. The first-order chi connectivity index (χ1) is 8.68. The molecular formula is C21H46. The number of hydrogen-bond donors (Lipinski definition) is 0. The Balaban J connectivity index is 0. The van der Waals surface area contributed by atoms with Crippen LogP contribution in [-0.4, -0.2) is 0 Å². The second-order valence-corrected chi connectivity index (χ2v) is 8.20. The van der Waals surface area contributed by atoms with Gasteiger partial charge in [-0.1, -0.05) is 77.2 Å². The van der Waals surface area contributed by atoms with Crippen molar-refractivity contribution in [3.63, 3.8) is 0 Å². The van der Waals surface area contributed by atoms with Crippen LogP contribution < -0.4 is 0 Å². The van der Waals surface area contributed by atoms with E-state index in [2.05, 4.69) is 62.3 Å². The first kappa shape index (κ1) is 23.3. The molecule has 21 heavy (non-hydrogen) atoms. The fraction of sp³-hybridized carbons (Fsp3) is 1.00. The summed E-state index contributed by atoms with van der Waals surface area (Å²) in [6.45, 7) is 21.5. The second kappa shape index (κ2) is 9.21. The van der Waals surface area contributed by atoms with Crippen LogP contribution >= 0.6 is 0 Å². The van der Waals surface area contributed by atoms with Crippen molar-refractivity contribution < 1.29 is 0 Å². The summed E-state index contributed by atoms with van der Waals surface area (Å²) in [6.07, 6.45) is 1.45. The van der Waals surface area contributed by atoms with Gasteiger partial charge in [-0.05, 0) is 59.7 Å². The van der Waals surface area contributed by atoms with E-state index in [0.717, 1.165) is 53.3 Å².